The van der Waals surface area contributed by atoms with Crippen LogP contribution in [0, 0.1) is 19.8 Å². The molecule has 1 nitrogen and oxygen atoms in total. The van der Waals surface area contributed by atoms with Crippen molar-refractivity contribution in [3.63, 3.8) is 0 Å². The van der Waals surface area contributed by atoms with Gasteiger partial charge in [-0.2, -0.15) is 0 Å². The number of allylic oxidation sites excluding steroid dienone is 4. The summed E-state index contributed by atoms with van der Waals surface area (Å²) in [6, 6.07) is 40.6. The lowest BCUT2D eigenvalue weighted by Crippen LogP contribution is -2.12. The number of hydrogen-bond donors (Lipinski definition) is 0. The van der Waals surface area contributed by atoms with E-state index in [0.717, 1.165) is 0 Å². The van der Waals surface area contributed by atoms with Crippen molar-refractivity contribution in [2.24, 2.45) is 5.92 Å². The van der Waals surface area contributed by atoms with E-state index in [1.807, 2.05) is 0 Å². The lowest BCUT2D eigenvalue weighted by Gasteiger charge is -2.24. The quantitative estimate of drug-likeness (QED) is 0.222. The highest BCUT2D eigenvalue weighted by molar-refractivity contribution is 6.09. The van der Waals surface area contributed by atoms with E-state index in [-0.39, 0.29) is 0 Å². The van der Waals surface area contributed by atoms with E-state index >= 15 is 0 Å². The molecule has 1 heterocycles. The number of aromatic nitrogens is 1. The van der Waals surface area contributed by atoms with Crippen molar-refractivity contribution in [3.8, 4) is 16.8 Å². The van der Waals surface area contributed by atoms with E-state index < -0.39 is 0 Å². The molecule has 5 aromatic carbocycles. The lowest BCUT2D eigenvalue weighted by atomic mass is 9.79. The minimum atomic E-state index is 0.397. The Morgan fingerprint density at radius 2 is 1.15 bits per heavy atom. The number of benzene rings is 5. The fourth-order valence-electron chi connectivity index (χ4n) is 7.43. The molecule has 0 saturated heterocycles. The van der Waals surface area contributed by atoms with Crippen LogP contribution in [-0.4, -0.2) is 4.57 Å². The fraction of sp³-hybridized carbons (Fsp3) is 0.128. The van der Waals surface area contributed by atoms with Gasteiger partial charge in [0.05, 0.1) is 11.0 Å². The second kappa shape index (κ2) is 8.96. The zero-order chi connectivity index (χ0) is 26.8. The topological polar surface area (TPSA) is 4.93 Å². The highest BCUT2D eigenvalue weighted by Gasteiger charge is 2.39. The van der Waals surface area contributed by atoms with Crippen molar-refractivity contribution >= 4 is 21.8 Å². The molecule has 0 spiro atoms. The Kier molecular flexibility index (Phi) is 5.22. The summed E-state index contributed by atoms with van der Waals surface area (Å²) in [5.74, 6) is 1.36. The Morgan fingerprint density at radius 1 is 0.550 bits per heavy atom. The Balaban J connectivity index is 1.20. The van der Waals surface area contributed by atoms with E-state index in [0.29, 0.717) is 17.8 Å². The zero-order valence-electron chi connectivity index (χ0n) is 22.9. The van der Waals surface area contributed by atoms with Gasteiger partial charge in [-0.15, -0.1) is 0 Å². The van der Waals surface area contributed by atoms with Gasteiger partial charge in [-0.25, -0.2) is 0 Å². The maximum atomic E-state index is 2.44. The summed E-state index contributed by atoms with van der Waals surface area (Å²) in [7, 11) is 0. The summed E-state index contributed by atoms with van der Waals surface area (Å²) in [5, 5.41) is 2.59. The predicted octanol–water partition coefficient (Wildman–Crippen LogP) is 10.0. The first-order valence-corrected chi connectivity index (χ1v) is 14.3. The van der Waals surface area contributed by atoms with Crippen LogP contribution in [0.25, 0.3) is 38.6 Å². The Hall–Kier alpha value is -4.62. The van der Waals surface area contributed by atoms with Crippen LogP contribution in [-0.2, 0) is 0 Å². The van der Waals surface area contributed by atoms with Gasteiger partial charge in [0.25, 0.3) is 0 Å². The van der Waals surface area contributed by atoms with E-state index in [4.69, 9.17) is 0 Å². The highest BCUT2D eigenvalue weighted by atomic mass is 15.0. The van der Waals surface area contributed by atoms with Crippen molar-refractivity contribution in [2.75, 3.05) is 0 Å². The van der Waals surface area contributed by atoms with Gasteiger partial charge in [0.15, 0.2) is 0 Å². The van der Waals surface area contributed by atoms with Crippen molar-refractivity contribution in [1.29, 1.82) is 0 Å². The molecule has 192 valence electrons. The van der Waals surface area contributed by atoms with E-state index in [9.17, 15) is 0 Å². The molecule has 0 bridgehead atoms. The van der Waals surface area contributed by atoms with Crippen LogP contribution in [0.2, 0.25) is 0 Å². The van der Waals surface area contributed by atoms with Gasteiger partial charge in [-0.3, -0.25) is 0 Å². The molecule has 0 fully saturated rings. The average Bonchev–Trinajstić information content (AvgIpc) is 3.51. The molecule has 3 atom stereocenters. The smallest absolute Gasteiger partial charge is 0.0541 e. The molecule has 0 N–H and O–H groups in total. The first kappa shape index (κ1) is 23.3. The summed E-state index contributed by atoms with van der Waals surface area (Å²) in [6.07, 6.45) is 9.23. The number of fused-ring (bicyclic) bond motifs is 6. The molecule has 8 rings (SSSR count). The first-order chi connectivity index (χ1) is 19.7. The summed E-state index contributed by atoms with van der Waals surface area (Å²) in [6.45, 7) is 4.52. The average molecular weight is 514 g/mol. The molecule has 40 heavy (non-hydrogen) atoms. The lowest BCUT2D eigenvalue weighted by molar-refractivity contribution is 0.567. The monoisotopic (exact) mass is 513 g/mol. The van der Waals surface area contributed by atoms with Gasteiger partial charge in [0, 0.05) is 28.3 Å². The van der Waals surface area contributed by atoms with Crippen LogP contribution in [0.1, 0.15) is 39.7 Å². The number of rotatable bonds is 3. The van der Waals surface area contributed by atoms with E-state index in [1.165, 1.54) is 66.4 Å². The largest absolute Gasteiger partial charge is 0.309 e. The Labute approximate surface area is 235 Å². The zero-order valence-corrected chi connectivity index (χ0v) is 22.9. The molecule has 2 aliphatic rings. The molecular formula is C39H31N. The van der Waals surface area contributed by atoms with Crippen LogP contribution in [0.3, 0.4) is 0 Å². The van der Waals surface area contributed by atoms with Crippen LogP contribution in [0.5, 0.6) is 0 Å². The molecule has 0 saturated carbocycles. The van der Waals surface area contributed by atoms with Crippen molar-refractivity contribution in [3.05, 3.63) is 161 Å². The number of para-hydroxylation sites is 2. The Morgan fingerprint density at radius 3 is 1.85 bits per heavy atom. The summed E-state index contributed by atoms with van der Waals surface area (Å²) < 4.78 is 2.40. The molecule has 6 aromatic rings. The summed E-state index contributed by atoms with van der Waals surface area (Å²) in [5.41, 5.74) is 13.3. The molecule has 0 radical (unpaired) electrons. The van der Waals surface area contributed by atoms with Gasteiger partial charge in [0.1, 0.15) is 0 Å². The van der Waals surface area contributed by atoms with Gasteiger partial charge in [0.2, 0.25) is 0 Å². The standard InChI is InChI=1S/C39H31N/c1-25-23-27(39-35-15-5-3-11-31(35)32-12-4-6-16-36(32)39)19-21-29(25)30-22-20-28(24-26(30)2)40-37-17-9-7-13-33(37)34-14-8-10-18-38(34)40/h3-24,31,35,39H,1-2H3. The van der Waals surface area contributed by atoms with E-state index in [1.54, 1.807) is 0 Å². The highest BCUT2D eigenvalue weighted by Crippen LogP contribution is 2.52. The molecule has 0 amide bonds. The first-order valence-electron chi connectivity index (χ1n) is 14.3. The maximum Gasteiger partial charge on any atom is 0.0541 e. The summed E-state index contributed by atoms with van der Waals surface area (Å²) >= 11 is 0. The number of aryl methyl sites for hydroxylation is 2. The normalized spacial score (nSPS) is 19.3. The minimum Gasteiger partial charge on any atom is -0.309 e. The third-order valence-electron chi connectivity index (χ3n) is 9.20. The van der Waals surface area contributed by atoms with Crippen LogP contribution in [0.4, 0.5) is 0 Å². The maximum absolute atomic E-state index is 2.44. The van der Waals surface area contributed by atoms with E-state index in [2.05, 4.69) is 152 Å². The molecule has 3 unspecified atom stereocenters. The molecule has 1 aromatic heterocycles. The van der Waals surface area contributed by atoms with Crippen molar-refractivity contribution < 1.29 is 0 Å². The third kappa shape index (κ3) is 3.41. The van der Waals surface area contributed by atoms with Gasteiger partial charge in [-0.1, -0.05) is 109 Å². The Bertz CT molecular complexity index is 1950. The second-order valence-electron chi connectivity index (χ2n) is 11.4. The number of nitrogens with zero attached hydrogens (tertiary/aromatic N) is 1. The molecular weight excluding hydrogens is 482 g/mol. The van der Waals surface area contributed by atoms with Crippen LogP contribution < -0.4 is 0 Å². The minimum absolute atomic E-state index is 0.397. The molecule has 2 aliphatic carbocycles. The van der Waals surface area contributed by atoms with Gasteiger partial charge >= 0.3 is 0 Å². The third-order valence-corrected chi connectivity index (χ3v) is 9.20. The SMILES string of the molecule is Cc1cc(C2c3ccccc3C3C=CC=CC32)ccc1-c1ccc(-n2c3ccccc3c3ccccc32)cc1C. The second-order valence-corrected chi connectivity index (χ2v) is 11.4. The molecule has 0 aliphatic heterocycles. The van der Waals surface area contributed by atoms with Crippen molar-refractivity contribution in [1.82, 2.24) is 4.57 Å². The van der Waals surface area contributed by atoms with Crippen LogP contribution >= 0.6 is 0 Å². The van der Waals surface area contributed by atoms with Gasteiger partial charge in [-0.05, 0) is 83.0 Å². The van der Waals surface area contributed by atoms with Gasteiger partial charge < -0.3 is 4.57 Å². The number of hydrogen-bond acceptors (Lipinski definition) is 0. The summed E-state index contributed by atoms with van der Waals surface area (Å²) in [4.78, 5) is 0. The molecule has 1 heteroatoms. The van der Waals surface area contributed by atoms with Crippen LogP contribution in [0.15, 0.2) is 133 Å². The fourth-order valence-corrected chi connectivity index (χ4v) is 7.43. The predicted molar refractivity (Wildman–Crippen MR) is 168 cm³/mol. The van der Waals surface area contributed by atoms with Crippen molar-refractivity contribution in [2.45, 2.75) is 25.7 Å².